The highest BCUT2D eigenvalue weighted by Crippen LogP contribution is 2.15. The lowest BCUT2D eigenvalue weighted by molar-refractivity contribution is 0.235. The van der Waals surface area contributed by atoms with Crippen molar-refractivity contribution in [1.82, 2.24) is 0 Å². The van der Waals surface area contributed by atoms with Crippen LogP contribution in [-0.2, 0) is 8.54 Å². The van der Waals surface area contributed by atoms with Crippen LogP contribution in [0.4, 0.5) is 0 Å². The van der Waals surface area contributed by atoms with Gasteiger partial charge in [0.1, 0.15) is 0 Å². The van der Waals surface area contributed by atoms with Gasteiger partial charge in [-0.25, -0.2) is 0 Å². The Kier molecular flexibility index (Phi) is 3.30. The lowest BCUT2D eigenvalue weighted by Gasteiger charge is -2.27. The second-order valence-corrected chi connectivity index (χ2v) is 11.0. The van der Waals surface area contributed by atoms with E-state index < -0.39 is 17.6 Å². The lowest BCUT2D eigenvalue weighted by Crippen LogP contribution is -2.38. The summed E-state index contributed by atoms with van der Waals surface area (Å²) in [7, 11) is -2.50. The van der Waals surface area contributed by atoms with Gasteiger partial charge < -0.3 is 8.54 Å². The average Bonchev–Trinajstić information content (AvgIpc) is 1.85. The van der Waals surface area contributed by atoms with Crippen molar-refractivity contribution in [2.24, 2.45) is 0 Å². The van der Waals surface area contributed by atoms with E-state index in [4.69, 9.17) is 8.54 Å². The fourth-order valence-electron chi connectivity index (χ4n) is 1.20. The van der Waals surface area contributed by atoms with Crippen molar-refractivity contribution in [3.63, 3.8) is 0 Å². The molecule has 1 unspecified atom stereocenters. The summed E-state index contributed by atoms with van der Waals surface area (Å²) >= 11 is 0. The molecule has 1 saturated heterocycles. The largest absolute Gasteiger partial charge is 0.438 e. The molecule has 1 atom stereocenters. The zero-order chi connectivity index (χ0) is 8.32. The van der Waals surface area contributed by atoms with Crippen LogP contribution in [0.15, 0.2) is 0 Å². The van der Waals surface area contributed by atoms with E-state index in [9.17, 15) is 0 Å². The molecular formula is C7H18O2Si2. The maximum atomic E-state index is 5.93. The first-order valence-electron chi connectivity index (χ1n) is 4.37. The number of rotatable bonds is 2. The molecule has 0 saturated carbocycles. The highest BCUT2D eigenvalue weighted by atomic mass is 28.4. The summed E-state index contributed by atoms with van der Waals surface area (Å²) in [6.07, 6.45) is 2.56. The molecule has 0 aliphatic carbocycles. The minimum Gasteiger partial charge on any atom is -0.438 e. The van der Waals surface area contributed by atoms with Gasteiger partial charge in [0, 0.05) is 6.61 Å². The molecule has 0 bridgehead atoms. The van der Waals surface area contributed by atoms with Crippen LogP contribution in [-0.4, -0.2) is 24.2 Å². The maximum absolute atomic E-state index is 5.93. The van der Waals surface area contributed by atoms with Gasteiger partial charge in [0.25, 0.3) is 0 Å². The van der Waals surface area contributed by atoms with Gasteiger partial charge in [0.15, 0.2) is 8.32 Å². The van der Waals surface area contributed by atoms with Gasteiger partial charge >= 0.3 is 9.28 Å². The molecule has 0 radical (unpaired) electrons. The molecule has 0 N–H and O–H groups in total. The molecule has 1 heterocycles. The molecule has 0 amide bonds. The van der Waals surface area contributed by atoms with Crippen molar-refractivity contribution in [3.05, 3.63) is 0 Å². The third-order valence-corrected chi connectivity index (χ3v) is 6.99. The van der Waals surface area contributed by atoms with E-state index in [1.807, 2.05) is 0 Å². The Bertz CT molecular complexity index is 116. The van der Waals surface area contributed by atoms with Gasteiger partial charge in [-0.2, -0.15) is 0 Å². The molecule has 0 aromatic heterocycles. The number of hydrogen-bond donors (Lipinski definition) is 0. The SMILES string of the molecule is C[Si](C)(C)O[SiH]1CCCCO1. The van der Waals surface area contributed by atoms with Crippen molar-refractivity contribution in [1.29, 1.82) is 0 Å². The predicted molar refractivity (Wildman–Crippen MR) is 51.6 cm³/mol. The molecule has 1 rings (SSSR count). The minimum atomic E-state index is -1.31. The van der Waals surface area contributed by atoms with E-state index in [-0.39, 0.29) is 0 Å². The molecule has 1 aliphatic heterocycles. The monoisotopic (exact) mass is 190 g/mol. The van der Waals surface area contributed by atoms with Crippen LogP contribution in [0, 0.1) is 0 Å². The van der Waals surface area contributed by atoms with E-state index in [1.54, 1.807) is 0 Å². The third kappa shape index (κ3) is 4.05. The molecule has 2 nitrogen and oxygen atoms in total. The predicted octanol–water partition coefficient (Wildman–Crippen LogP) is 1.87. The first-order chi connectivity index (χ1) is 5.08. The Labute approximate surface area is 71.9 Å². The lowest BCUT2D eigenvalue weighted by atomic mass is 10.4. The topological polar surface area (TPSA) is 18.5 Å². The smallest absolute Gasteiger partial charge is 0.311 e. The van der Waals surface area contributed by atoms with Crippen molar-refractivity contribution in [2.45, 2.75) is 38.5 Å². The van der Waals surface area contributed by atoms with Crippen LogP contribution < -0.4 is 0 Å². The van der Waals surface area contributed by atoms with E-state index in [0.717, 1.165) is 6.61 Å². The zero-order valence-corrected chi connectivity index (χ0v) is 9.88. The highest BCUT2D eigenvalue weighted by molar-refractivity contribution is 6.76. The zero-order valence-electron chi connectivity index (χ0n) is 7.72. The van der Waals surface area contributed by atoms with Gasteiger partial charge in [-0.3, -0.25) is 0 Å². The quantitative estimate of drug-likeness (QED) is 0.619. The average molecular weight is 190 g/mol. The second-order valence-electron chi connectivity index (χ2n) is 4.03. The summed E-state index contributed by atoms with van der Waals surface area (Å²) in [6.45, 7) is 7.65. The Morgan fingerprint density at radius 3 is 2.45 bits per heavy atom. The van der Waals surface area contributed by atoms with Crippen molar-refractivity contribution in [3.8, 4) is 0 Å². The first-order valence-corrected chi connectivity index (χ1v) is 9.54. The van der Waals surface area contributed by atoms with E-state index in [0.29, 0.717) is 0 Å². The van der Waals surface area contributed by atoms with Crippen molar-refractivity contribution in [2.75, 3.05) is 6.61 Å². The fourth-order valence-corrected chi connectivity index (χ4v) is 6.31. The summed E-state index contributed by atoms with van der Waals surface area (Å²) in [6, 6.07) is 1.23. The summed E-state index contributed by atoms with van der Waals surface area (Å²) in [5, 5.41) is 0. The number of hydrogen-bond acceptors (Lipinski definition) is 2. The summed E-state index contributed by atoms with van der Waals surface area (Å²) in [5.41, 5.74) is 0. The second kappa shape index (κ2) is 3.84. The summed E-state index contributed by atoms with van der Waals surface area (Å²) < 4.78 is 11.5. The maximum Gasteiger partial charge on any atom is 0.311 e. The fraction of sp³-hybridized carbons (Fsp3) is 1.00. The Balaban J connectivity index is 2.24. The van der Waals surface area contributed by atoms with Gasteiger partial charge in [-0.1, -0.05) is 0 Å². The van der Waals surface area contributed by atoms with E-state index in [1.165, 1.54) is 18.9 Å². The van der Waals surface area contributed by atoms with Gasteiger partial charge in [-0.05, 0) is 38.5 Å². The normalized spacial score (nSPS) is 27.0. The summed E-state index contributed by atoms with van der Waals surface area (Å²) in [5.74, 6) is 0. The third-order valence-electron chi connectivity index (χ3n) is 1.62. The first kappa shape index (κ1) is 9.44. The molecule has 0 aromatic rings. The molecule has 66 valence electrons. The van der Waals surface area contributed by atoms with Gasteiger partial charge in [0.05, 0.1) is 0 Å². The van der Waals surface area contributed by atoms with E-state index in [2.05, 4.69) is 19.6 Å². The van der Waals surface area contributed by atoms with Crippen molar-refractivity contribution < 1.29 is 8.54 Å². The molecular weight excluding hydrogens is 172 g/mol. The molecule has 11 heavy (non-hydrogen) atoms. The van der Waals surface area contributed by atoms with Crippen LogP contribution in [0.3, 0.4) is 0 Å². The van der Waals surface area contributed by atoms with Crippen LogP contribution in [0.5, 0.6) is 0 Å². The molecule has 0 aromatic carbocycles. The van der Waals surface area contributed by atoms with Crippen LogP contribution >= 0.6 is 0 Å². The molecule has 1 fully saturated rings. The van der Waals surface area contributed by atoms with E-state index >= 15 is 0 Å². The molecule has 1 aliphatic rings. The minimum absolute atomic E-state index is 0.946. The summed E-state index contributed by atoms with van der Waals surface area (Å²) in [4.78, 5) is 0. The van der Waals surface area contributed by atoms with Gasteiger partial charge in [-0.15, -0.1) is 0 Å². The van der Waals surface area contributed by atoms with Crippen LogP contribution in [0.2, 0.25) is 25.7 Å². The van der Waals surface area contributed by atoms with Crippen molar-refractivity contribution >= 4 is 17.6 Å². The highest BCUT2D eigenvalue weighted by Gasteiger charge is 2.24. The molecule has 0 spiro atoms. The Morgan fingerprint density at radius 1 is 1.27 bits per heavy atom. The van der Waals surface area contributed by atoms with Gasteiger partial charge in [0.2, 0.25) is 0 Å². The Hall–Kier alpha value is 0.354. The molecule has 4 heteroatoms. The van der Waals surface area contributed by atoms with Crippen LogP contribution in [0.25, 0.3) is 0 Å². The standard InChI is InChI=1S/C7H18O2Si2/c1-11(2,3)9-10-7-5-4-6-8-10/h10H,4-7H2,1-3H3. The Morgan fingerprint density at radius 2 is 2.00 bits per heavy atom. The van der Waals surface area contributed by atoms with Crippen LogP contribution in [0.1, 0.15) is 12.8 Å².